The van der Waals surface area contributed by atoms with Gasteiger partial charge in [-0.25, -0.2) is 4.98 Å². The molecule has 1 N–H and O–H groups in total. The Hall–Kier alpha value is -2.86. The van der Waals surface area contributed by atoms with E-state index in [0.717, 1.165) is 26.4 Å². The smallest absolute Gasteiger partial charge is 0.303 e. The normalized spacial score (nSPS) is 11.8. The fourth-order valence-electron chi connectivity index (χ4n) is 2.84. The van der Waals surface area contributed by atoms with Crippen LogP contribution in [-0.2, 0) is 4.79 Å². The van der Waals surface area contributed by atoms with Crippen molar-refractivity contribution in [3.8, 4) is 11.5 Å². The van der Waals surface area contributed by atoms with Gasteiger partial charge in [-0.3, -0.25) is 4.79 Å². The molecule has 3 rings (SSSR count). The van der Waals surface area contributed by atoms with Crippen LogP contribution in [0.1, 0.15) is 37.3 Å². The third-order valence-corrected chi connectivity index (χ3v) is 5.39. The number of para-hydroxylation sites is 1. The summed E-state index contributed by atoms with van der Waals surface area (Å²) in [6.45, 7) is 4.80. The predicted molar refractivity (Wildman–Crippen MR) is 118 cm³/mol. The SMILES string of the molecule is COc1cc(/C=C(/CCC(=O)O)c2nc3ccccc3s2)ccc1OCC(C)C. The highest BCUT2D eigenvalue weighted by molar-refractivity contribution is 7.19. The zero-order chi connectivity index (χ0) is 20.8. The van der Waals surface area contributed by atoms with Gasteiger partial charge in [-0.1, -0.05) is 32.0 Å². The zero-order valence-corrected chi connectivity index (χ0v) is 17.7. The van der Waals surface area contributed by atoms with E-state index in [2.05, 4.69) is 13.8 Å². The highest BCUT2D eigenvalue weighted by Crippen LogP contribution is 2.33. The number of methoxy groups -OCH3 is 1. The standard InChI is InChI=1S/C23H25NO4S/c1-15(2)14-28-19-10-8-16(13-20(19)27-3)12-17(9-11-22(25)26)23-24-18-6-4-5-7-21(18)29-23/h4-8,10,12-13,15H,9,11,14H2,1-3H3,(H,25,26)/b17-12-. The zero-order valence-electron chi connectivity index (χ0n) is 16.8. The number of thiazole rings is 1. The van der Waals surface area contributed by atoms with E-state index >= 15 is 0 Å². The van der Waals surface area contributed by atoms with Crippen molar-refractivity contribution < 1.29 is 19.4 Å². The summed E-state index contributed by atoms with van der Waals surface area (Å²) in [7, 11) is 1.62. The lowest BCUT2D eigenvalue weighted by molar-refractivity contribution is -0.136. The van der Waals surface area contributed by atoms with Gasteiger partial charge in [-0.2, -0.15) is 0 Å². The quantitative estimate of drug-likeness (QED) is 0.486. The summed E-state index contributed by atoms with van der Waals surface area (Å²) in [6, 6.07) is 13.7. The van der Waals surface area contributed by atoms with Crippen LogP contribution in [0.4, 0.5) is 0 Å². The van der Waals surface area contributed by atoms with Crippen molar-refractivity contribution in [1.82, 2.24) is 4.98 Å². The van der Waals surface area contributed by atoms with Crippen LogP contribution in [0, 0.1) is 5.92 Å². The van der Waals surface area contributed by atoms with Crippen LogP contribution in [0.15, 0.2) is 42.5 Å². The molecule has 0 fully saturated rings. The Morgan fingerprint density at radius 2 is 1.97 bits per heavy atom. The first-order valence-electron chi connectivity index (χ1n) is 9.55. The Morgan fingerprint density at radius 1 is 1.17 bits per heavy atom. The number of hydrogen-bond donors (Lipinski definition) is 1. The lowest BCUT2D eigenvalue weighted by atomic mass is 10.1. The van der Waals surface area contributed by atoms with Crippen molar-refractivity contribution >= 4 is 39.2 Å². The minimum Gasteiger partial charge on any atom is -0.493 e. The van der Waals surface area contributed by atoms with E-state index < -0.39 is 5.97 Å². The van der Waals surface area contributed by atoms with Gasteiger partial charge in [0.25, 0.3) is 0 Å². The average molecular weight is 412 g/mol. The van der Waals surface area contributed by atoms with Crippen LogP contribution < -0.4 is 9.47 Å². The minimum absolute atomic E-state index is 0.0501. The Bertz CT molecular complexity index is 990. The second kappa shape index (κ2) is 9.56. The largest absolute Gasteiger partial charge is 0.493 e. The second-order valence-corrected chi connectivity index (χ2v) is 8.20. The van der Waals surface area contributed by atoms with Crippen LogP contribution >= 0.6 is 11.3 Å². The van der Waals surface area contributed by atoms with Gasteiger partial charge in [0, 0.05) is 6.42 Å². The number of hydrogen-bond acceptors (Lipinski definition) is 5. The van der Waals surface area contributed by atoms with Crippen LogP contribution in [0.5, 0.6) is 11.5 Å². The van der Waals surface area contributed by atoms with Gasteiger partial charge >= 0.3 is 5.97 Å². The average Bonchev–Trinajstić information content (AvgIpc) is 3.13. The minimum atomic E-state index is -0.827. The molecule has 0 amide bonds. The van der Waals surface area contributed by atoms with Gasteiger partial charge in [0.15, 0.2) is 11.5 Å². The van der Waals surface area contributed by atoms with Gasteiger partial charge in [0.1, 0.15) is 5.01 Å². The lowest BCUT2D eigenvalue weighted by Gasteiger charge is -2.13. The summed E-state index contributed by atoms with van der Waals surface area (Å²) < 4.78 is 12.4. The number of benzene rings is 2. The molecule has 0 saturated carbocycles. The number of aliphatic carboxylic acids is 1. The second-order valence-electron chi connectivity index (χ2n) is 7.17. The molecule has 0 bridgehead atoms. The molecule has 5 nitrogen and oxygen atoms in total. The van der Waals surface area contributed by atoms with Crippen molar-refractivity contribution in [2.24, 2.45) is 5.92 Å². The first-order valence-corrected chi connectivity index (χ1v) is 10.4. The summed E-state index contributed by atoms with van der Waals surface area (Å²) in [6.07, 6.45) is 2.44. The molecule has 0 saturated heterocycles. The number of carbonyl (C=O) groups is 1. The molecular formula is C23H25NO4S. The number of nitrogens with zero attached hydrogens (tertiary/aromatic N) is 1. The van der Waals surface area contributed by atoms with E-state index in [9.17, 15) is 4.79 Å². The van der Waals surface area contributed by atoms with Gasteiger partial charge < -0.3 is 14.6 Å². The maximum atomic E-state index is 11.2. The van der Waals surface area contributed by atoms with Gasteiger partial charge in [0.05, 0.1) is 23.9 Å². The third-order valence-electron chi connectivity index (χ3n) is 4.28. The monoisotopic (exact) mass is 411 g/mol. The molecule has 152 valence electrons. The van der Waals surface area contributed by atoms with Crippen molar-refractivity contribution in [2.75, 3.05) is 13.7 Å². The molecule has 3 aromatic rings. The highest BCUT2D eigenvalue weighted by Gasteiger charge is 2.12. The Morgan fingerprint density at radius 3 is 2.66 bits per heavy atom. The summed E-state index contributed by atoms with van der Waals surface area (Å²) >= 11 is 1.57. The van der Waals surface area contributed by atoms with Crippen molar-refractivity contribution in [3.05, 3.63) is 53.0 Å². The number of fused-ring (bicyclic) bond motifs is 1. The summed E-state index contributed by atoms with van der Waals surface area (Å²) in [5.41, 5.74) is 2.73. The first kappa shape index (κ1) is 20.9. The lowest BCUT2D eigenvalue weighted by Crippen LogP contribution is -2.05. The first-order chi connectivity index (χ1) is 14.0. The van der Waals surface area contributed by atoms with E-state index in [1.807, 2.05) is 48.5 Å². The molecule has 0 aliphatic rings. The Labute approximate surface area is 174 Å². The van der Waals surface area contributed by atoms with Gasteiger partial charge in [-0.05, 0) is 53.8 Å². The molecule has 29 heavy (non-hydrogen) atoms. The van der Waals surface area contributed by atoms with E-state index in [-0.39, 0.29) is 6.42 Å². The van der Waals surface area contributed by atoms with Crippen molar-refractivity contribution in [3.63, 3.8) is 0 Å². The van der Waals surface area contributed by atoms with Gasteiger partial charge in [-0.15, -0.1) is 11.3 Å². The molecule has 0 aliphatic carbocycles. The Balaban J connectivity index is 1.95. The molecule has 0 aliphatic heterocycles. The number of allylic oxidation sites excluding steroid dienone is 1. The molecule has 0 atom stereocenters. The summed E-state index contributed by atoms with van der Waals surface area (Å²) in [5.74, 6) is 0.944. The van der Waals surface area contributed by atoms with Crippen LogP contribution in [-0.4, -0.2) is 29.8 Å². The number of rotatable bonds is 9. The molecule has 2 aromatic carbocycles. The molecule has 0 radical (unpaired) electrons. The molecular weight excluding hydrogens is 386 g/mol. The number of aromatic nitrogens is 1. The molecule has 1 aromatic heterocycles. The number of carboxylic acids is 1. The molecule has 1 heterocycles. The molecule has 6 heteroatoms. The number of carboxylic acid groups (broad SMARTS) is 1. The fourth-order valence-corrected chi connectivity index (χ4v) is 3.85. The summed E-state index contributed by atoms with van der Waals surface area (Å²) in [5, 5.41) is 10.00. The highest BCUT2D eigenvalue weighted by atomic mass is 32.1. The van der Waals surface area contributed by atoms with E-state index in [4.69, 9.17) is 19.6 Å². The number of ether oxygens (including phenoxy) is 2. The van der Waals surface area contributed by atoms with Crippen LogP contribution in [0.25, 0.3) is 21.9 Å². The van der Waals surface area contributed by atoms with E-state index in [0.29, 0.717) is 30.4 Å². The molecule has 0 spiro atoms. The maximum Gasteiger partial charge on any atom is 0.303 e. The summed E-state index contributed by atoms with van der Waals surface area (Å²) in [4.78, 5) is 15.8. The maximum absolute atomic E-state index is 11.2. The van der Waals surface area contributed by atoms with E-state index in [1.54, 1.807) is 18.4 Å². The van der Waals surface area contributed by atoms with Crippen molar-refractivity contribution in [2.45, 2.75) is 26.7 Å². The van der Waals surface area contributed by atoms with Crippen LogP contribution in [0.2, 0.25) is 0 Å². The third kappa shape index (κ3) is 5.57. The van der Waals surface area contributed by atoms with Gasteiger partial charge in [0.2, 0.25) is 0 Å². The van der Waals surface area contributed by atoms with E-state index in [1.165, 1.54) is 0 Å². The predicted octanol–water partition coefficient (Wildman–Crippen LogP) is 5.75. The Kier molecular flexibility index (Phi) is 6.88. The van der Waals surface area contributed by atoms with Crippen molar-refractivity contribution in [1.29, 1.82) is 0 Å². The topological polar surface area (TPSA) is 68.7 Å². The molecule has 0 unspecified atom stereocenters. The van der Waals surface area contributed by atoms with Crippen LogP contribution in [0.3, 0.4) is 0 Å². The fraction of sp³-hybridized carbons (Fsp3) is 0.304.